The molecular weight excluding hydrogens is 328 g/mol. The van der Waals surface area contributed by atoms with Crippen molar-refractivity contribution in [2.45, 2.75) is 24.9 Å². The Morgan fingerprint density at radius 3 is 2.88 bits per heavy atom. The molecule has 1 spiro atoms. The van der Waals surface area contributed by atoms with Crippen molar-refractivity contribution in [3.05, 3.63) is 35.4 Å². The second kappa shape index (κ2) is 6.56. The number of ether oxygens (including phenoxy) is 1. The summed E-state index contributed by atoms with van der Waals surface area (Å²) >= 11 is 0. The van der Waals surface area contributed by atoms with Gasteiger partial charge in [-0.25, -0.2) is 10.3 Å². The second-order valence-electron chi connectivity index (χ2n) is 6.26. The third kappa shape index (κ3) is 3.48. The van der Waals surface area contributed by atoms with Crippen LogP contribution in [-0.2, 0) is 4.79 Å². The summed E-state index contributed by atoms with van der Waals surface area (Å²) in [7, 11) is 0. The van der Waals surface area contributed by atoms with E-state index >= 15 is 0 Å². The first-order chi connectivity index (χ1) is 11.9. The summed E-state index contributed by atoms with van der Waals surface area (Å²) in [6.07, 6.45) is 2.99. The molecule has 8 heteroatoms. The van der Waals surface area contributed by atoms with Crippen LogP contribution in [-0.4, -0.2) is 51.7 Å². The number of piperidine rings is 1. The van der Waals surface area contributed by atoms with E-state index in [1.54, 1.807) is 18.2 Å². The van der Waals surface area contributed by atoms with E-state index in [1.807, 2.05) is 0 Å². The summed E-state index contributed by atoms with van der Waals surface area (Å²) in [4.78, 5) is 36.1. The molecule has 2 amide bonds. The first-order valence-corrected chi connectivity index (χ1v) is 7.89. The minimum atomic E-state index is -1.01. The van der Waals surface area contributed by atoms with Crippen molar-refractivity contribution in [2.75, 3.05) is 13.1 Å². The number of benzene rings is 1. The Labute approximate surface area is 143 Å². The van der Waals surface area contributed by atoms with Crippen LogP contribution < -0.4 is 10.2 Å². The molecule has 1 fully saturated rings. The summed E-state index contributed by atoms with van der Waals surface area (Å²) in [5.41, 5.74) is 1.70. The molecule has 25 heavy (non-hydrogen) atoms. The number of rotatable bonds is 2. The van der Waals surface area contributed by atoms with Gasteiger partial charge in [0.05, 0.1) is 18.5 Å². The van der Waals surface area contributed by atoms with Crippen LogP contribution in [0.25, 0.3) is 6.08 Å². The summed E-state index contributed by atoms with van der Waals surface area (Å²) in [6, 6.07) is 4.94. The van der Waals surface area contributed by atoms with E-state index in [9.17, 15) is 19.5 Å². The largest absolute Gasteiger partial charge is 0.484 e. The second-order valence-corrected chi connectivity index (χ2v) is 6.26. The van der Waals surface area contributed by atoms with Crippen molar-refractivity contribution in [1.82, 2.24) is 10.4 Å². The number of hydroxylamine groups is 1. The molecule has 1 atom stereocenters. The topological polar surface area (TPSA) is 116 Å². The Bertz CT molecular complexity index is 760. The number of nitrogens with one attached hydrogen (secondary N) is 1. The molecular formula is C17H18N2O6. The zero-order valence-corrected chi connectivity index (χ0v) is 13.4. The first kappa shape index (κ1) is 17.0. The van der Waals surface area contributed by atoms with Gasteiger partial charge in [0.25, 0.3) is 5.91 Å². The highest BCUT2D eigenvalue weighted by Crippen LogP contribution is 2.38. The molecule has 0 saturated carbocycles. The van der Waals surface area contributed by atoms with Crippen molar-refractivity contribution in [3.63, 3.8) is 0 Å². The van der Waals surface area contributed by atoms with Gasteiger partial charge in [0.2, 0.25) is 0 Å². The minimum Gasteiger partial charge on any atom is -0.484 e. The number of carbonyl (C=O) groups excluding carboxylic acids is 2. The summed E-state index contributed by atoms with van der Waals surface area (Å²) in [6.45, 7) is 0.615. The fraction of sp³-hybridized carbons (Fsp3) is 0.353. The summed E-state index contributed by atoms with van der Waals surface area (Å²) in [5, 5.41) is 17.7. The number of amides is 2. The number of fused-ring (bicyclic) bond motifs is 1. The van der Waals surface area contributed by atoms with Gasteiger partial charge in [-0.15, -0.1) is 0 Å². The van der Waals surface area contributed by atoms with Crippen molar-refractivity contribution in [1.29, 1.82) is 0 Å². The Balaban J connectivity index is 1.84. The fourth-order valence-corrected chi connectivity index (χ4v) is 3.31. The highest BCUT2D eigenvalue weighted by molar-refractivity contribution is 6.01. The fourth-order valence-electron chi connectivity index (χ4n) is 3.31. The van der Waals surface area contributed by atoms with Crippen LogP contribution in [0.3, 0.4) is 0 Å². The highest BCUT2D eigenvalue weighted by Gasteiger charge is 2.44. The van der Waals surface area contributed by atoms with Gasteiger partial charge in [-0.2, -0.15) is 0 Å². The van der Waals surface area contributed by atoms with E-state index in [1.165, 1.54) is 16.5 Å². The van der Waals surface area contributed by atoms with Crippen LogP contribution in [0.5, 0.6) is 5.75 Å². The van der Waals surface area contributed by atoms with E-state index in [0.717, 1.165) is 6.08 Å². The Kier molecular flexibility index (Phi) is 4.45. The van der Waals surface area contributed by atoms with E-state index in [-0.39, 0.29) is 18.7 Å². The van der Waals surface area contributed by atoms with Crippen LogP contribution in [0.2, 0.25) is 0 Å². The number of hydrogen-bond donors (Lipinski definition) is 3. The van der Waals surface area contributed by atoms with Crippen LogP contribution in [0.4, 0.5) is 4.79 Å². The molecule has 3 N–H and O–H groups in total. The lowest BCUT2D eigenvalue weighted by Crippen LogP contribution is -2.55. The Hall–Kier alpha value is -2.87. The molecule has 2 heterocycles. The van der Waals surface area contributed by atoms with Gasteiger partial charge in [0.15, 0.2) is 5.78 Å². The van der Waals surface area contributed by atoms with Gasteiger partial charge in [0, 0.05) is 12.6 Å². The number of Topliss-reactive ketones (excluding diaryl/α,β-unsaturated/α-hetero) is 1. The standard InChI is InChI=1S/C17H18N2O6/c20-13-9-17(6-1-7-19(10-17)16(22)23)25-14-4-2-11(8-12(13)14)3-5-15(21)18-24/h2-5,8,24H,1,6-7,9-10H2,(H,18,21)(H,22,23). The normalized spacial score (nSPS) is 22.6. The lowest BCUT2D eigenvalue weighted by atomic mass is 9.83. The highest BCUT2D eigenvalue weighted by atomic mass is 16.5. The molecule has 2 aliphatic heterocycles. The van der Waals surface area contributed by atoms with Crippen molar-refractivity contribution >= 4 is 23.9 Å². The first-order valence-electron chi connectivity index (χ1n) is 7.89. The van der Waals surface area contributed by atoms with Gasteiger partial charge in [0.1, 0.15) is 11.4 Å². The molecule has 2 aliphatic rings. The quantitative estimate of drug-likeness (QED) is 0.426. The molecule has 0 radical (unpaired) electrons. The molecule has 1 unspecified atom stereocenters. The average Bonchev–Trinajstić information content (AvgIpc) is 2.59. The van der Waals surface area contributed by atoms with E-state index < -0.39 is 17.6 Å². The average molecular weight is 346 g/mol. The molecule has 132 valence electrons. The Morgan fingerprint density at radius 2 is 2.16 bits per heavy atom. The third-order valence-corrected chi connectivity index (χ3v) is 4.46. The molecule has 1 aromatic carbocycles. The zero-order valence-electron chi connectivity index (χ0n) is 13.4. The van der Waals surface area contributed by atoms with Crippen molar-refractivity contribution in [2.24, 2.45) is 0 Å². The molecule has 0 bridgehead atoms. The predicted molar refractivity (Wildman–Crippen MR) is 86.5 cm³/mol. The van der Waals surface area contributed by atoms with E-state index in [0.29, 0.717) is 36.3 Å². The molecule has 0 aromatic heterocycles. The van der Waals surface area contributed by atoms with Gasteiger partial charge in [-0.3, -0.25) is 14.8 Å². The van der Waals surface area contributed by atoms with Crippen molar-refractivity contribution < 1.29 is 29.4 Å². The lowest BCUT2D eigenvalue weighted by Gasteiger charge is -2.43. The summed E-state index contributed by atoms with van der Waals surface area (Å²) < 4.78 is 6.04. The zero-order chi connectivity index (χ0) is 18.0. The third-order valence-electron chi connectivity index (χ3n) is 4.46. The molecule has 8 nitrogen and oxygen atoms in total. The smallest absolute Gasteiger partial charge is 0.407 e. The number of carbonyl (C=O) groups is 3. The maximum absolute atomic E-state index is 12.6. The number of hydrogen-bond acceptors (Lipinski definition) is 5. The van der Waals surface area contributed by atoms with Gasteiger partial charge in [-0.1, -0.05) is 6.07 Å². The van der Waals surface area contributed by atoms with Crippen LogP contribution in [0, 0.1) is 0 Å². The molecule has 3 rings (SSSR count). The number of carboxylic acid groups (broad SMARTS) is 1. The monoisotopic (exact) mass is 346 g/mol. The van der Waals surface area contributed by atoms with Crippen molar-refractivity contribution in [3.8, 4) is 5.75 Å². The van der Waals surface area contributed by atoms with Gasteiger partial charge in [-0.05, 0) is 36.6 Å². The van der Waals surface area contributed by atoms with Gasteiger partial charge < -0.3 is 14.7 Å². The summed E-state index contributed by atoms with van der Waals surface area (Å²) in [5.74, 6) is -0.363. The van der Waals surface area contributed by atoms with E-state index in [2.05, 4.69) is 0 Å². The predicted octanol–water partition coefficient (Wildman–Crippen LogP) is 1.68. The van der Waals surface area contributed by atoms with E-state index in [4.69, 9.17) is 9.94 Å². The minimum absolute atomic E-state index is 0.115. The molecule has 1 saturated heterocycles. The number of nitrogens with zero attached hydrogens (tertiary/aromatic N) is 1. The molecule has 0 aliphatic carbocycles. The maximum Gasteiger partial charge on any atom is 0.407 e. The van der Waals surface area contributed by atoms with Crippen LogP contribution >= 0.6 is 0 Å². The number of ketones is 1. The van der Waals surface area contributed by atoms with Crippen LogP contribution in [0.1, 0.15) is 35.2 Å². The number of likely N-dealkylation sites (tertiary alicyclic amines) is 1. The Morgan fingerprint density at radius 1 is 1.36 bits per heavy atom. The molecule has 1 aromatic rings. The SMILES string of the molecule is O=C(C=Cc1ccc2c(c1)C(=O)CC1(CCCN(C(=O)O)C1)O2)NO. The lowest BCUT2D eigenvalue weighted by molar-refractivity contribution is -0.124. The maximum atomic E-state index is 12.6. The van der Waals surface area contributed by atoms with Gasteiger partial charge >= 0.3 is 6.09 Å². The van der Waals surface area contributed by atoms with Crippen LogP contribution in [0.15, 0.2) is 24.3 Å².